The molecule has 252 valence electrons. The van der Waals surface area contributed by atoms with Gasteiger partial charge in [-0.1, -0.05) is 67.1 Å². The standard InChI is InChI=1S/C35H50N4O7/c1-9-21-39(31(42)26(19-20-28(36)40)38-33(44)46-35(6,7)8)29(25-17-15-23(2)16-18-25)30(41)37-27(32(43)45-34(3,4)5)22-24-13-11-10-12-14-24/h10-18,26-27,29H,9,19-22H2,1-8H3,(H2,36,40)(H,37,41)(H,38,44). The number of ether oxygens (including phenoxy) is 2. The lowest BCUT2D eigenvalue weighted by Crippen LogP contribution is -2.55. The smallest absolute Gasteiger partial charge is 0.408 e. The maximum absolute atomic E-state index is 14.3. The summed E-state index contributed by atoms with van der Waals surface area (Å²) >= 11 is 0. The van der Waals surface area contributed by atoms with E-state index in [9.17, 15) is 24.0 Å². The number of benzene rings is 2. The monoisotopic (exact) mass is 638 g/mol. The van der Waals surface area contributed by atoms with Crippen LogP contribution in [0.5, 0.6) is 0 Å². The molecule has 11 heteroatoms. The van der Waals surface area contributed by atoms with Crippen molar-refractivity contribution in [1.29, 1.82) is 0 Å². The Labute approximate surface area is 272 Å². The first kappa shape index (κ1) is 37.8. The number of amides is 4. The van der Waals surface area contributed by atoms with Gasteiger partial charge >= 0.3 is 12.1 Å². The minimum atomic E-state index is -1.22. The molecular weight excluding hydrogens is 588 g/mol. The molecule has 0 radical (unpaired) electrons. The molecule has 11 nitrogen and oxygen atoms in total. The van der Waals surface area contributed by atoms with E-state index in [-0.39, 0.29) is 25.8 Å². The fraction of sp³-hybridized carbons (Fsp3) is 0.514. The fourth-order valence-electron chi connectivity index (χ4n) is 4.69. The lowest BCUT2D eigenvalue weighted by atomic mass is 9.99. The molecule has 0 heterocycles. The molecule has 0 aliphatic carbocycles. The fourth-order valence-corrected chi connectivity index (χ4v) is 4.69. The summed E-state index contributed by atoms with van der Waals surface area (Å²) in [5, 5.41) is 5.44. The summed E-state index contributed by atoms with van der Waals surface area (Å²) in [6.07, 6.45) is -0.521. The summed E-state index contributed by atoms with van der Waals surface area (Å²) in [5.74, 6) is -2.48. The molecule has 0 bridgehead atoms. The van der Waals surface area contributed by atoms with Gasteiger partial charge in [0.15, 0.2) is 0 Å². The quantitative estimate of drug-likeness (QED) is 0.257. The van der Waals surface area contributed by atoms with Gasteiger partial charge in [-0.3, -0.25) is 14.4 Å². The first-order chi connectivity index (χ1) is 21.4. The van der Waals surface area contributed by atoms with Gasteiger partial charge in [-0.2, -0.15) is 0 Å². The lowest BCUT2D eigenvalue weighted by molar-refractivity contribution is -0.159. The number of esters is 1. The number of nitrogens with two attached hydrogens (primary N) is 1. The average molecular weight is 639 g/mol. The number of hydrogen-bond donors (Lipinski definition) is 3. The average Bonchev–Trinajstić information content (AvgIpc) is 2.94. The zero-order valence-electron chi connectivity index (χ0n) is 28.3. The Morgan fingerprint density at radius 2 is 1.41 bits per heavy atom. The van der Waals surface area contributed by atoms with E-state index < -0.39 is 59.1 Å². The van der Waals surface area contributed by atoms with Crippen molar-refractivity contribution in [2.24, 2.45) is 5.73 Å². The molecule has 0 fully saturated rings. The molecule has 0 spiro atoms. The zero-order valence-corrected chi connectivity index (χ0v) is 28.3. The van der Waals surface area contributed by atoms with Gasteiger partial charge in [-0.25, -0.2) is 9.59 Å². The first-order valence-corrected chi connectivity index (χ1v) is 15.6. The second kappa shape index (κ2) is 16.8. The molecule has 0 saturated heterocycles. The van der Waals surface area contributed by atoms with Gasteiger partial charge in [0.2, 0.25) is 17.7 Å². The Bertz CT molecular complexity index is 1330. The summed E-state index contributed by atoms with van der Waals surface area (Å²) < 4.78 is 11.0. The Morgan fingerprint density at radius 1 is 0.826 bits per heavy atom. The molecule has 0 saturated carbocycles. The molecule has 46 heavy (non-hydrogen) atoms. The number of hydrogen-bond acceptors (Lipinski definition) is 7. The van der Waals surface area contributed by atoms with Crippen LogP contribution >= 0.6 is 0 Å². The Hall–Kier alpha value is -4.41. The van der Waals surface area contributed by atoms with E-state index in [0.29, 0.717) is 12.0 Å². The number of rotatable bonds is 14. The van der Waals surface area contributed by atoms with Crippen molar-refractivity contribution >= 4 is 29.8 Å². The highest BCUT2D eigenvalue weighted by Gasteiger charge is 2.38. The number of nitrogens with one attached hydrogen (secondary N) is 2. The van der Waals surface area contributed by atoms with Crippen LogP contribution < -0.4 is 16.4 Å². The molecule has 0 aliphatic rings. The molecule has 2 aromatic carbocycles. The van der Waals surface area contributed by atoms with Crippen molar-refractivity contribution in [3.05, 3.63) is 71.3 Å². The second-order valence-corrected chi connectivity index (χ2v) is 13.3. The SMILES string of the molecule is CCCN(C(=O)C(CCC(N)=O)NC(=O)OC(C)(C)C)C(C(=O)NC(Cc1ccccc1)C(=O)OC(C)(C)C)c1ccc(C)cc1. The third-order valence-corrected chi connectivity index (χ3v) is 6.66. The Balaban J connectivity index is 2.57. The van der Waals surface area contributed by atoms with Crippen molar-refractivity contribution in [3.8, 4) is 0 Å². The van der Waals surface area contributed by atoms with E-state index in [2.05, 4.69) is 10.6 Å². The molecular formula is C35H50N4O7. The minimum absolute atomic E-state index is 0.107. The van der Waals surface area contributed by atoms with Crippen LogP contribution in [0.25, 0.3) is 0 Å². The Kier molecular flexibility index (Phi) is 13.8. The maximum atomic E-state index is 14.3. The number of carbonyl (C=O) groups is 5. The van der Waals surface area contributed by atoms with E-state index in [1.54, 1.807) is 53.7 Å². The van der Waals surface area contributed by atoms with Crippen LogP contribution in [-0.2, 0) is 35.1 Å². The summed E-state index contributed by atoms with van der Waals surface area (Å²) in [6.45, 7) is 14.2. The third-order valence-electron chi connectivity index (χ3n) is 6.66. The van der Waals surface area contributed by atoms with Crippen molar-refractivity contribution in [2.75, 3.05) is 6.54 Å². The number of aryl methyl sites for hydroxylation is 1. The van der Waals surface area contributed by atoms with E-state index in [4.69, 9.17) is 15.2 Å². The summed E-state index contributed by atoms with van der Waals surface area (Å²) in [6, 6.07) is 12.9. The van der Waals surface area contributed by atoms with Gasteiger partial charge < -0.3 is 30.7 Å². The van der Waals surface area contributed by atoms with Gasteiger partial charge in [0.1, 0.15) is 29.3 Å². The maximum Gasteiger partial charge on any atom is 0.408 e. The van der Waals surface area contributed by atoms with E-state index in [0.717, 1.165) is 11.1 Å². The minimum Gasteiger partial charge on any atom is -0.458 e. The highest BCUT2D eigenvalue weighted by atomic mass is 16.6. The normalized spacial score (nSPS) is 13.5. The molecule has 3 atom stereocenters. The highest BCUT2D eigenvalue weighted by molar-refractivity contribution is 5.94. The molecule has 2 aromatic rings. The molecule has 2 rings (SSSR count). The van der Waals surface area contributed by atoms with Crippen LogP contribution in [0.3, 0.4) is 0 Å². The summed E-state index contributed by atoms with van der Waals surface area (Å²) in [5.41, 5.74) is 5.99. The summed E-state index contributed by atoms with van der Waals surface area (Å²) in [7, 11) is 0. The Morgan fingerprint density at radius 3 is 1.93 bits per heavy atom. The molecule has 3 unspecified atom stereocenters. The predicted octanol–water partition coefficient (Wildman–Crippen LogP) is 4.50. The van der Waals surface area contributed by atoms with Crippen LogP contribution in [0, 0.1) is 6.92 Å². The van der Waals surface area contributed by atoms with Crippen molar-refractivity contribution in [2.45, 2.75) is 110 Å². The number of nitrogens with zero attached hydrogens (tertiary/aromatic N) is 1. The van der Waals surface area contributed by atoms with Crippen molar-refractivity contribution in [3.63, 3.8) is 0 Å². The zero-order chi connectivity index (χ0) is 34.7. The first-order valence-electron chi connectivity index (χ1n) is 15.6. The molecule has 4 amide bonds. The van der Waals surface area contributed by atoms with Gasteiger partial charge in [0.05, 0.1) is 0 Å². The topological polar surface area (TPSA) is 157 Å². The van der Waals surface area contributed by atoms with Gasteiger partial charge in [0.25, 0.3) is 0 Å². The number of primary amides is 1. The number of alkyl carbamates (subject to hydrolysis) is 1. The summed E-state index contributed by atoms with van der Waals surface area (Å²) in [4.78, 5) is 67.8. The molecule has 0 aromatic heterocycles. The van der Waals surface area contributed by atoms with Crippen molar-refractivity contribution < 1.29 is 33.4 Å². The van der Waals surface area contributed by atoms with Crippen LogP contribution in [0.1, 0.15) is 90.5 Å². The van der Waals surface area contributed by atoms with Crippen LogP contribution in [-0.4, -0.2) is 64.5 Å². The van der Waals surface area contributed by atoms with Gasteiger partial charge in [0, 0.05) is 19.4 Å². The predicted molar refractivity (Wildman–Crippen MR) is 175 cm³/mol. The number of carbonyl (C=O) groups excluding carboxylic acids is 5. The van der Waals surface area contributed by atoms with Crippen molar-refractivity contribution in [1.82, 2.24) is 15.5 Å². The van der Waals surface area contributed by atoms with Crippen LogP contribution in [0.15, 0.2) is 54.6 Å². The molecule has 0 aliphatic heterocycles. The van der Waals surface area contributed by atoms with Crippen LogP contribution in [0.4, 0.5) is 4.79 Å². The third kappa shape index (κ3) is 12.9. The van der Waals surface area contributed by atoms with E-state index >= 15 is 0 Å². The highest BCUT2D eigenvalue weighted by Crippen LogP contribution is 2.25. The second-order valence-electron chi connectivity index (χ2n) is 13.3. The van der Waals surface area contributed by atoms with Gasteiger partial charge in [-0.05, 0) is 72.4 Å². The lowest BCUT2D eigenvalue weighted by Gasteiger charge is -2.35. The van der Waals surface area contributed by atoms with E-state index in [1.165, 1.54) is 4.90 Å². The van der Waals surface area contributed by atoms with Crippen LogP contribution in [0.2, 0.25) is 0 Å². The van der Waals surface area contributed by atoms with E-state index in [1.807, 2.05) is 56.3 Å². The molecule has 4 N–H and O–H groups in total. The van der Waals surface area contributed by atoms with Gasteiger partial charge in [-0.15, -0.1) is 0 Å². The largest absolute Gasteiger partial charge is 0.458 e.